The van der Waals surface area contributed by atoms with Gasteiger partial charge in [0.05, 0.1) is 16.6 Å². The molecule has 1 amide bonds. The fourth-order valence-electron chi connectivity index (χ4n) is 2.88. The Bertz CT molecular complexity index is 1260. The molecule has 6 nitrogen and oxygen atoms in total. The Morgan fingerprint density at radius 2 is 1.93 bits per heavy atom. The number of amides is 1. The normalized spacial score (nSPS) is 11.0. The van der Waals surface area contributed by atoms with Crippen molar-refractivity contribution >= 4 is 49.2 Å². The zero-order chi connectivity index (χ0) is 19.8. The number of hydrogen-bond acceptors (Lipinski definition) is 5. The summed E-state index contributed by atoms with van der Waals surface area (Å²) in [5.74, 6) is -0.569. The highest BCUT2D eigenvalue weighted by Gasteiger charge is 2.18. The van der Waals surface area contributed by atoms with Crippen LogP contribution in [-0.2, 0) is 7.05 Å². The third kappa shape index (κ3) is 3.48. The minimum atomic E-state index is -0.569. The van der Waals surface area contributed by atoms with Gasteiger partial charge in [-0.15, -0.1) is 11.3 Å². The van der Waals surface area contributed by atoms with Gasteiger partial charge in [0.15, 0.2) is 10.8 Å². The van der Waals surface area contributed by atoms with E-state index in [0.717, 1.165) is 21.3 Å². The van der Waals surface area contributed by atoms with E-state index in [9.17, 15) is 9.59 Å². The molecule has 0 fully saturated rings. The minimum Gasteiger partial charge on any atom is -0.296 e. The first-order valence-corrected chi connectivity index (χ1v) is 10.1. The molecule has 4 rings (SSSR count). The summed E-state index contributed by atoms with van der Waals surface area (Å²) < 4.78 is 2.52. The van der Waals surface area contributed by atoms with Gasteiger partial charge in [-0.05, 0) is 31.2 Å². The van der Waals surface area contributed by atoms with Gasteiger partial charge in [-0.1, -0.05) is 39.7 Å². The van der Waals surface area contributed by atoms with E-state index in [-0.39, 0.29) is 11.1 Å². The first kappa shape index (κ1) is 18.5. The molecule has 0 aliphatic rings. The van der Waals surface area contributed by atoms with Gasteiger partial charge < -0.3 is 0 Å². The maximum absolute atomic E-state index is 12.8. The van der Waals surface area contributed by atoms with Crippen molar-refractivity contribution in [2.75, 3.05) is 5.32 Å². The van der Waals surface area contributed by atoms with E-state index in [1.807, 2.05) is 48.7 Å². The molecule has 0 atom stereocenters. The van der Waals surface area contributed by atoms with Crippen LogP contribution in [0, 0.1) is 6.92 Å². The molecule has 0 aliphatic carbocycles. The van der Waals surface area contributed by atoms with Crippen molar-refractivity contribution in [1.82, 2.24) is 14.8 Å². The lowest BCUT2D eigenvalue weighted by Crippen LogP contribution is -2.26. The van der Waals surface area contributed by atoms with E-state index in [1.165, 1.54) is 11.3 Å². The lowest BCUT2D eigenvalue weighted by atomic mass is 10.1. The van der Waals surface area contributed by atoms with Crippen LogP contribution in [-0.4, -0.2) is 20.7 Å². The van der Waals surface area contributed by atoms with Crippen LogP contribution in [0.15, 0.2) is 57.1 Å². The summed E-state index contributed by atoms with van der Waals surface area (Å²) in [7, 11) is 1.71. The third-order valence-corrected chi connectivity index (χ3v) is 5.58. The molecule has 2 aromatic heterocycles. The molecule has 2 heterocycles. The number of nitrogens with one attached hydrogen (secondary N) is 1. The molecule has 2 aromatic carbocycles. The summed E-state index contributed by atoms with van der Waals surface area (Å²) in [5.41, 5.74) is 2.78. The Balaban J connectivity index is 1.65. The van der Waals surface area contributed by atoms with Crippen LogP contribution in [0.4, 0.5) is 5.13 Å². The van der Waals surface area contributed by atoms with Crippen LogP contribution in [0.25, 0.3) is 22.2 Å². The Morgan fingerprint density at radius 3 is 2.68 bits per heavy atom. The second-order valence-corrected chi connectivity index (χ2v) is 8.09. The first-order valence-electron chi connectivity index (χ1n) is 8.43. The van der Waals surface area contributed by atoms with Gasteiger partial charge in [-0.2, -0.15) is 5.10 Å². The molecule has 140 valence electrons. The van der Waals surface area contributed by atoms with Crippen LogP contribution < -0.4 is 10.7 Å². The van der Waals surface area contributed by atoms with Crippen LogP contribution >= 0.6 is 27.3 Å². The molecule has 0 unspecified atom stereocenters. The minimum absolute atomic E-state index is 0.152. The number of aromatic nitrogens is 3. The summed E-state index contributed by atoms with van der Waals surface area (Å²) in [4.78, 5) is 29.9. The first-order chi connectivity index (χ1) is 13.4. The number of rotatable bonds is 3. The number of fused-ring (bicyclic) bond motifs is 1. The topological polar surface area (TPSA) is 76.9 Å². The van der Waals surface area contributed by atoms with Crippen molar-refractivity contribution in [2.45, 2.75) is 6.92 Å². The fourth-order valence-corrected chi connectivity index (χ4v) is 3.86. The van der Waals surface area contributed by atoms with Crippen LogP contribution in [0.3, 0.4) is 0 Å². The number of carbonyl (C=O) groups excluding carboxylic acids is 1. The second-order valence-electron chi connectivity index (χ2n) is 6.32. The summed E-state index contributed by atoms with van der Waals surface area (Å²) in [5, 5.41) is 9.59. The van der Waals surface area contributed by atoms with Crippen molar-refractivity contribution in [1.29, 1.82) is 0 Å². The van der Waals surface area contributed by atoms with Crippen molar-refractivity contribution in [3.8, 4) is 11.3 Å². The fraction of sp³-hybridized carbons (Fsp3) is 0.100. The zero-order valence-electron chi connectivity index (χ0n) is 15.1. The van der Waals surface area contributed by atoms with E-state index in [2.05, 4.69) is 31.3 Å². The Kier molecular flexibility index (Phi) is 4.82. The summed E-state index contributed by atoms with van der Waals surface area (Å²) in [6, 6.07) is 13.2. The van der Waals surface area contributed by atoms with E-state index in [4.69, 9.17) is 0 Å². The molecule has 0 saturated carbocycles. The number of thiazole rings is 1. The number of anilines is 1. The molecule has 4 aromatic rings. The van der Waals surface area contributed by atoms with Gasteiger partial charge >= 0.3 is 0 Å². The van der Waals surface area contributed by atoms with Crippen molar-refractivity contribution in [3.05, 3.63) is 73.8 Å². The van der Waals surface area contributed by atoms with Crippen molar-refractivity contribution in [2.24, 2.45) is 7.05 Å². The van der Waals surface area contributed by atoms with E-state index >= 15 is 0 Å². The number of benzene rings is 2. The largest absolute Gasteiger partial charge is 0.296 e. The summed E-state index contributed by atoms with van der Waals surface area (Å²) in [6.07, 6.45) is 0. The van der Waals surface area contributed by atoms with Gasteiger partial charge in [-0.25, -0.2) is 4.98 Å². The molecular formula is C20H15BrN4O2S. The predicted molar refractivity (Wildman–Crippen MR) is 115 cm³/mol. The summed E-state index contributed by atoms with van der Waals surface area (Å²) >= 11 is 4.70. The van der Waals surface area contributed by atoms with Gasteiger partial charge in [0.1, 0.15) is 0 Å². The van der Waals surface area contributed by atoms with Gasteiger partial charge in [-0.3, -0.25) is 19.6 Å². The predicted octanol–water partition coefficient (Wildman–Crippen LogP) is 4.38. The molecule has 28 heavy (non-hydrogen) atoms. The second kappa shape index (κ2) is 7.29. The molecule has 1 N–H and O–H groups in total. The van der Waals surface area contributed by atoms with Crippen molar-refractivity contribution < 1.29 is 4.79 Å². The number of aryl methyl sites for hydroxylation is 2. The maximum atomic E-state index is 12.8. The van der Waals surface area contributed by atoms with Gasteiger partial charge in [0.2, 0.25) is 5.43 Å². The number of nitrogens with zero attached hydrogens (tertiary/aromatic N) is 3. The average Bonchev–Trinajstić information content (AvgIpc) is 3.13. The van der Waals surface area contributed by atoms with E-state index in [0.29, 0.717) is 16.0 Å². The Labute approximate surface area is 173 Å². The van der Waals surface area contributed by atoms with Crippen molar-refractivity contribution in [3.63, 3.8) is 0 Å². The van der Waals surface area contributed by atoms with Crippen LogP contribution in [0.5, 0.6) is 0 Å². The number of hydrogen-bond donors (Lipinski definition) is 1. The molecule has 0 aliphatic heterocycles. The monoisotopic (exact) mass is 454 g/mol. The standard InChI is InChI=1S/C20H15BrN4O2S/c1-11-3-8-16-14(9-11)18(26)17(24-25(16)2)19(27)23-20-22-15(10-28-20)12-4-6-13(21)7-5-12/h3-10H,1-2H3,(H,22,23,27). The van der Waals surface area contributed by atoms with E-state index in [1.54, 1.807) is 17.8 Å². The molecule has 8 heteroatoms. The highest BCUT2D eigenvalue weighted by Crippen LogP contribution is 2.26. The molecular weight excluding hydrogens is 440 g/mol. The lowest BCUT2D eigenvalue weighted by molar-refractivity contribution is 0.101. The number of carbonyl (C=O) groups is 1. The molecule has 0 saturated heterocycles. The third-order valence-electron chi connectivity index (χ3n) is 4.29. The average molecular weight is 455 g/mol. The van der Waals surface area contributed by atoms with Gasteiger partial charge in [0, 0.05) is 22.5 Å². The zero-order valence-corrected chi connectivity index (χ0v) is 17.5. The molecule has 0 bridgehead atoms. The summed E-state index contributed by atoms with van der Waals surface area (Å²) in [6.45, 7) is 1.90. The lowest BCUT2D eigenvalue weighted by Gasteiger charge is -2.08. The Hall–Kier alpha value is -2.84. The Morgan fingerprint density at radius 1 is 1.18 bits per heavy atom. The van der Waals surface area contributed by atoms with Crippen LogP contribution in [0.1, 0.15) is 16.1 Å². The van der Waals surface area contributed by atoms with Crippen LogP contribution in [0.2, 0.25) is 0 Å². The highest BCUT2D eigenvalue weighted by molar-refractivity contribution is 9.10. The molecule has 0 radical (unpaired) electrons. The smallest absolute Gasteiger partial charge is 0.281 e. The SMILES string of the molecule is Cc1ccc2c(c1)c(=O)c(C(=O)Nc1nc(-c3ccc(Br)cc3)cs1)nn2C. The molecule has 0 spiro atoms. The van der Waals surface area contributed by atoms with E-state index < -0.39 is 5.91 Å². The highest BCUT2D eigenvalue weighted by atomic mass is 79.9. The quantitative estimate of drug-likeness (QED) is 0.498. The maximum Gasteiger partial charge on any atom is 0.281 e. The van der Waals surface area contributed by atoms with Gasteiger partial charge in [0.25, 0.3) is 5.91 Å². The number of halogens is 1.